The number of carbonyl (C=O) groups is 1. The second-order valence-electron chi connectivity index (χ2n) is 5.12. The summed E-state index contributed by atoms with van der Waals surface area (Å²) in [6.07, 6.45) is 0. The Balaban J connectivity index is 3.42. The maximum atomic E-state index is 12.5. The van der Waals surface area contributed by atoms with Crippen molar-refractivity contribution in [3.05, 3.63) is 27.2 Å². The molecule has 1 rings (SSSR count). The van der Waals surface area contributed by atoms with Crippen molar-refractivity contribution in [3.63, 3.8) is 0 Å². The summed E-state index contributed by atoms with van der Waals surface area (Å²) in [4.78, 5) is 11.0. The second-order valence-corrected chi connectivity index (χ2v) is 7.56. The van der Waals surface area contributed by atoms with E-state index in [9.17, 15) is 13.2 Å². The Labute approximate surface area is 134 Å². The minimum absolute atomic E-state index is 0.0392. The highest BCUT2D eigenvalue weighted by Gasteiger charge is 2.31. The highest BCUT2D eigenvalue weighted by Crippen LogP contribution is 2.33. The van der Waals surface area contributed by atoms with Crippen LogP contribution in [-0.4, -0.2) is 25.5 Å². The van der Waals surface area contributed by atoms with E-state index in [4.69, 9.17) is 28.3 Å². The van der Waals surface area contributed by atoms with Gasteiger partial charge in [-0.05, 0) is 37.0 Å². The average Bonchev–Trinajstić information content (AvgIpc) is 2.33. The molecule has 0 radical (unpaired) electrons. The molecule has 118 valence electrons. The molecule has 0 spiro atoms. The molecule has 0 aliphatic rings. The van der Waals surface area contributed by atoms with Crippen molar-refractivity contribution < 1.29 is 18.3 Å². The summed E-state index contributed by atoms with van der Waals surface area (Å²) < 4.78 is 27.1. The number of aryl methyl sites for hydroxylation is 1. The molecule has 1 aromatic carbocycles. The van der Waals surface area contributed by atoms with Gasteiger partial charge in [0.15, 0.2) is 0 Å². The van der Waals surface area contributed by atoms with Crippen LogP contribution in [0.25, 0.3) is 0 Å². The zero-order valence-electron chi connectivity index (χ0n) is 12.1. The number of hydrogen-bond acceptors (Lipinski definition) is 3. The van der Waals surface area contributed by atoms with Gasteiger partial charge in [-0.2, -0.15) is 4.72 Å². The van der Waals surface area contributed by atoms with Gasteiger partial charge in [-0.15, -0.1) is 0 Å². The van der Waals surface area contributed by atoms with Crippen LogP contribution in [-0.2, 0) is 14.8 Å². The van der Waals surface area contributed by atoms with Gasteiger partial charge in [-0.25, -0.2) is 8.42 Å². The number of aliphatic carboxylic acids is 1. The molecule has 0 bridgehead atoms. The molecule has 0 fully saturated rings. The van der Waals surface area contributed by atoms with Crippen LogP contribution in [0.3, 0.4) is 0 Å². The molecule has 0 aromatic heterocycles. The number of carboxylic acid groups (broad SMARTS) is 1. The Morgan fingerprint density at radius 1 is 1.29 bits per heavy atom. The fraction of sp³-hybridized carbons (Fsp3) is 0.462. The van der Waals surface area contributed by atoms with Crippen LogP contribution in [0.4, 0.5) is 0 Å². The summed E-state index contributed by atoms with van der Waals surface area (Å²) in [5.74, 6) is -1.67. The highest BCUT2D eigenvalue weighted by atomic mass is 35.5. The van der Waals surface area contributed by atoms with Crippen LogP contribution in [0, 0.1) is 19.8 Å². The van der Waals surface area contributed by atoms with E-state index in [-0.39, 0.29) is 20.5 Å². The van der Waals surface area contributed by atoms with E-state index in [1.165, 1.54) is 6.92 Å². The summed E-state index contributed by atoms with van der Waals surface area (Å²) in [5, 5.41) is 9.41. The fourth-order valence-electron chi connectivity index (χ4n) is 1.83. The minimum Gasteiger partial charge on any atom is -0.480 e. The van der Waals surface area contributed by atoms with Gasteiger partial charge in [-0.1, -0.05) is 37.0 Å². The lowest BCUT2D eigenvalue weighted by atomic mass is 10.1. The summed E-state index contributed by atoms with van der Waals surface area (Å²) in [6, 6.07) is 0.319. The molecule has 0 aliphatic carbocycles. The molecule has 5 nitrogen and oxygen atoms in total. The van der Waals surface area contributed by atoms with Gasteiger partial charge in [0.25, 0.3) is 0 Å². The first-order valence-corrected chi connectivity index (χ1v) is 8.43. The lowest BCUT2D eigenvalue weighted by Gasteiger charge is -2.20. The number of benzene rings is 1. The van der Waals surface area contributed by atoms with E-state index < -0.39 is 28.0 Å². The third kappa shape index (κ3) is 3.88. The maximum Gasteiger partial charge on any atom is 0.322 e. The van der Waals surface area contributed by atoms with E-state index in [2.05, 4.69) is 4.72 Å². The van der Waals surface area contributed by atoms with Crippen LogP contribution in [0.1, 0.15) is 25.0 Å². The van der Waals surface area contributed by atoms with Crippen LogP contribution in [0.2, 0.25) is 10.0 Å². The number of sulfonamides is 1. The Kier molecular flexibility index (Phi) is 5.66. The predicted octanol–water partition coefficient (Wildman–Crippen LogP) is 3.00. The molecule has 0 heterocycles. The Hall–Kier alpha value is -0.820. The maximum absolute atomic E-state index is 12.5. The number of rotatable bonds is 5. The Morgan fingerprint density at radius 2 is 1.81 bits per heavy atom. The van der Waals surface area contributed by atoms with Crippen molar-refractivity contribution in [2.75, 3.05) is 0 Å². The molecule has 1 unspecified atom stereocenters. The third-order valence-electron chi connectivity index (χ3n) is 3.07. The van der Waals surface area contributed by atoms with E-state index >= 15 is 0 Å². The van der Waals surface area contributed by atoms with Crippen molar-refractivity contribution in [2.45, 2.75) is 38.6 Å². The third-order valence-corrected chi connectivity index (χ3v) is 5.67. The summed E-state index contributed by atoms with van der Waals surface area (Å²) in [7, 11) is -4.10. The zero-order chi connectivity index (χ0) is 16.5. The molecule has 1 aromatic rings. The van der Waals surface area contributed by atoms with Gasteiger partial charge < -0.3 is 5.11 Å². The van der Waals surface area contributed by atoms with E-state index in [0.717, 1.165) is 0 Å². The van der Waals surface area contributed by atoms with Gasteiger partial charge in [-0.3, -0.25) is 4.79 Å². The van der Waals surface area contributed by atoms with Crippen LogP contribution < -0.4 is 4.72 Å². The Morgan fingerprint density at radius 3 is 2.24 bits per heavy atom. The zero-order valence-corrected chi connectivity index (χ0v) is 14.4. The summed E-state index contributed by atoms with van der Waals surface area (Å²) >= 11 is 12.1. The first-order chi connectivity index (χ1) is 9.49. The largest absolute Gasteiger partial charge is 0.480 e. The van der Waals surface area contributed by atoms with Crippen LogP contribution in [0.15, 0.2) is 11.0 Å². The fourth-order valence-corrected chi connectivity index (χ4v) is 4.38. The van der Waals surface area contributed by atoms with E-state index in [1.54, 1.807) is 26.8 Å². The second kappa shape index (κ2) is 6.52. The molecule has 0 saturated carbocycles. The molecular weight excluding hydrogens is 337 g/mol. The van der Waals surface area contributed by atoms with Gasteiger partial charge >= 0.3 is 5.97 Å². The first-order valence-electron chi connectivity index (χ1n) is 6.19. The monoisotopic (exact) mass is 353 g/mol. The lowest BCUT2D eigenvalue weighted by molar-refractivity contribution is -0.140. The van der Waals surface area contributed by atoms with E-state index in [1.807, 2.05) is 0 Å². The normalized spacial score (nSPS) is 13.5. The van der Waals surface area contributed by atoms with Gasteiger partial charge in [0, 0.05) is 5.02 Å². The number of nitrogens with one attached hydrogen (secondary N) is 1. The van der Waals surface area contributed by atoms with Crippen molar-refractivity contribution in [2.24, 2.45) is 5.92 Å². The Bertz CT molecular complexity index is 645. The summed E-state index contributed by atoms with van der Waals surface area (Å²) in [5.41, 5.74) is 0.789. The van der Waals surface area contributed by atoms with Crippen molar-refractivity contribution in [1.29, 1.82) is 0 Å². The molecule has 0 amide bonds. The van der Waals surface area contributed by atoms with Crippen molar-refractivity contribution in [1.82, 2.24) is 4.72 Å². The molecular formula is C13H17Cl2NO4S. The predicted molar refractivity (Wildman–Crippen MR) is 82.5 cm³/mol. The van der Waals surface area contributed by atoms with E-state index in [0.29, 0.717) is 5.56 Å². The smallest absolute Gasteiger partial charge is 0.322 e. The molecule has 2 N–H and O–H groups in total. The standard InChI is InChI=1S/C13H17Cl2NO4S/c1-6(2)11(13(17)18)16-21(19,20)12-8(4)9(14)5-7(3)10(12)15/h5-6,11,16H,1-4H3,(H,17,18). The molecule has 8 heteroatoms. The average molecular weight is 354 g/mol. The number of hydrogen-bond donors (Lipinski definition) is 2. The molecule has 0 aliphatic heterocycles. The SMILES string of the molecule is Cc1cc(Cl)c(C)c(S(=O)(=O)NC(C(=O)O)C(C)C)c1Cl. The lowest BCUT2D eigenvalue weighted by Crippen LogP contribution is -2.44. The van der Waals surface area contributed by atoms with Gasteiger partial charge in [0.05, 0.1) is 5.02 Å². The van der Waals surface area contributed by atoms with Crippen LogP contribution in [0.5, 0.6) is 0 Å². The molecule has 1 atom stereocenters. The minimum atomic E-state index is -4.10. The van der Waals surface area contributed by atoms with Crippen LogP contribution >= 0.6 is 23.2 Å². The first kappa shape index (κ1) is 18.2. The quantitative estimate of drug-likeness (QED) is 0.852. The van der Waals surface area contributed by atoms with Crippen molar-refractivity contribution in [3.8, 4) is 0 Å². The van der Waals surface area contributed by atoms with Gasteiger partial charge in [0.1, 0.15) is 10.9 Å². The molecule has 0 saturated heterocycles. The van der Waals surface area contributed by atoms with Gasteiger partial charge in [0.2, 0.25) is 10.0 Å². The molecule has 21 heavy (non-hydrogen) atoms. The van der Waals surface area contributed by atoms with Crippen molar-refractivity contribution >= 4 is 39.2 Å². The summed E-state index contributed by atoms with van der Waals surface area (Å²) in [6.45, 7) is 6.37. The number of carboxylic acids is 1. The number of halogens is 2. The topological polar surface area (TPSA) is 83.5 Å². The highest BCUT2D eigenvalue weighted by molar-refractivity contribution is 7.89.